The topological polar surface area (TPSA) is 64.1 Å². The lowest BCUT2D eigenvalue weighted by Gasteiger charge is -2.14. The Kier molecular flexibility index (Phi) is 5.23. The first-order valence-corrected chi connectivity index (χ1v) is 9.21. The highest BCUT2D eigenvalue weighted by Gasteiger charge is 2.19. The molecule has 2 heterocycles. The molecule has 0 aliphatic rings. The molecule has 3 aromatic rings. The molecule has 0 spiro atoms. The van der Waals surface area contributed by atoms with E-state index in [-0.39, 0.29) is 11.2 Å². The molecular formula is C16H14ClN3O2S2. The van der Waals surface area contributed by atoms with E-state index in [1.165, 1.54) is 18.1 Å². The summed E-state index contributed by atoms with van der Waals surface area (Å²) in [5, 5.41) is 5.81. The lowest BCUT2D eigenvalue weighted by atomic mass is 10.3. The number of benzene rings is 1. The number of aromatic nitrogens is 2. The number of methoxy groups -OCH3 is 1. The van der Waals surface area contributed by atoms with Crippen LogP contribution in [0.15, 0.2) is 41.0 Å². The number of halogens is 1. The summed E-state index contributed by atoms with van der Waals surface area (Å²) >= 11 is 8.95. The third-order valence-electron chi connectivity index (χ3n) is 3.29. The van der Waals surface area contributed by atoms with E-state index in [0.29, 0.717) is 16.5 Å². The highest BCUT2D eigenvalue weighted by molar-refractivity contribution is 8.00. The molecule has 0 saturated heterocycles. The van der Waals surface area contributed by atoms with E-state index in [9.17, 15) is 4.79 Å². The maximum atomic E-state index is 12.5. The smallest absolute Gasteiger partial charge is 0.237 e. The van der Waals surface area contributed by atoms with Crippen LogP contribution in [0.5, 0.6) is 5.75 Å². The number of hydrogen-bond donors (Lipinski definition) is 1. The molecule has 1 N–H and O–H groups in total. The van der Waals surface area contributed by atoms with E-state index in [2.05, 4.69) is 15.3 Å². The molecule has 3 rings (SSSR count). The fourth-order valence-corrected chi connectivity index (χ4v) is 4.09. The van der Waals surface area contributed by atoms with E-state index in [1.54, 1.807) is 36.6 Å². The van der Waals surface area contributed by atoms with Crippen LogP contribution in [0, 0.1) is 0 Å². The van der Waals surface area contributed by atoms with E-state index in [4.69, 9.17) is 16.3 Å². The second-order valence-corrected chi connectivity index (χ2v) is 7.59. The third-order valence-corrected chi connectivity index (χ3v) is 5.66. The van der Waals surface area contributed by atoms with E-state index < -0.39 is 0 Å². The normalized spacial score (nSPS) is 12.1. The molecule has 1 atom stereocenters. The van der Waals surface area contributed by atoms with Gasteiger partial charge in [-0.15, -0.1) is 11.3 Å². The number of amides is 1. The number of thioether (sulfide) groups is 1. The monoisotopic (exact) mass is 379 g/mol. The second kappa shape index (κ2) is 7.38. The molecule has 0 saturated carbocycles. The zero-order valence-electron chi connectivity index (χ0n) is 12.9. The van der Waals surface area contributed by atoms with Gasteiger partial charge in [-0.05, 0) is 36.6 Å². The molecular weight excluding hydrogens is 366 g/mol. The van der Waals surface area contributed by atoms with Gasteiger partial charge in [0.25, 0.3) is 0 Å². The van der Waals surface area contributed by atoms with Gasteiger partial charge in [-0.3, -0.25) is 4.79 Å². The quantitative estimate of drug-likeness (QED) is 0.523. The average molecular weight is 380 g/mol. The van der Waals surface area contributed by atoms with Gasteiger partial charge in [0, 0.05) is 5.02 Å². The lowest BCUT2D eigenvalue weighted by Crippen LogP contribution is -2.22. The fourth-order valence-electron chi connectivity index (χ4n) is 2.08. The third kappa shape index (κ3) is 3.63. The molecule has 1 unspecified atom stereocenters. The zero-order valence-corrected chi connectivity index (χ0v) is 15.3. The molecule has 0 radical (unpaired) electrons. The van der Waals surface area contributed by atoms with Gasteiger partial charge in [-0.2, -0.15) is 0 Å². The minimum absolute atomic E-state index is 0.149. The first-order chi connectivity index (χ1) is 11.6. The summed E-state index contributed by atoms with van der Waals surface area (Å²) in [6, 6.07) is 7.03. The average Bonchev–Trinajstić information content (AvgIpc) is 3.04. The summed E-state index contributed by atoms with van der Waals surface area (Å²) in [6.45, 7) is 1.83. The van der Waals surface area contributed by atoms with Crippen LogP contribution < -0.4 is 10.1 Å². The Morgan fingerprint density at radius 1 is 1.38 bits per heavy atom. The van der Waals surface area contributed by atoms with Gasteiger partial charge in [0.05, 0.1) is 28.3 Å². The van der Waals surface area contributed by atoms with Gasteiger partial charge >= 0.3 is 0 Å². The molecule has 1 amide bonds. The van der Waals surface area contributed by atoms with Gasteiger partial charge in [0.15, 0.2) is 0 Å². The molecule has 0 bridgehead atoms. The number of ether oxygens (including phenoxy) is 1. The van der Waals surface area contributed by atoms with Gasteiger partial charge in [0.1, 0.15) is 17.1 Å². The summed E-state index contributed by atoms with van der Waals surface area (Å²) in [5.41, 5.74) is 1.44. The van der Waals surface area contributed by atoms with Gasteiger partial charge in [-0.1, -0.05) is 23.4 Å². The molecule has 2 aromatic heterocycles. The van der Waals surface area contributed by atoms with E-state index in [1.807, 2.05) is 18.4 Å². The van der Waals surface area contributed by atoms with Crippen molar-refractivity contribution in [1.29, 1.82) is 0 Å². The van der Waals surface area contributed by atoms with Crippen molar-refractivity contribution in [3.8, 4) is 5.75 Å². The number of hydrogen-bond acceptors (Lipinski definition) is 6. The van der Waals surface area contributed by atoms with Crippen LogP contribution in [-0.4, -0.2) is 28.2 Å². The number of fused-ring (bicyclic) bond motifs is 1. The Morgan fingerprint density at radius 2 is 2.21 bits per heavy atom. The Morgan fingerprint density at radius 3 is 3.00 bits per heavy atom. The number of thiophene rings is 1. The largest absolute Gasteiger partial charge is 0.495 e. The first-order valence-electron chi connectivity index (χ1n) is 7.07. The SMILES string of the molecule is COc1ccc(Cl)cc1NC(=O)C(C)Sc1ncnc2ccsc12. The summed E-state index contributed by atoms with van der Waals surface area (Å²) in [7, 11) is 1.55. The summed E-state index contributed by atoms with van der Waals surface area (Å²) in [5.74, 6) is 0.413. The van der Waals surface area contributed by atoms with Crippen molar-refractivity contribution in [2.45, 2.75) is 17.2 Å². The predicted molar refractivity (Wildman–Crippen MR) is 99.4 cm³/mol. The first kappa shape index (κ1) is 17.0. The lowest BCUT2D eigenvalue weighted by molar-refractivity contribution is -0.115. The summed E-state index contributed by atoms with van der Waals surface area (Å²) in [4.78, 5) is 21.0. The Labute approximate surface area is 152 Å². The summed E-state index contributed by atoms with van der Waals surface area (Å²) < 4.78 is 6.24. The van der Waals surface area contributed by atoms with Crippen LogP contribution in [0.2, 0.25) is 5.02 Å². The molecule has 0 aliphatic carbocycles. The number of rotatable bonds is 5. The van der Waals surface area contributed by atoms with Gasteiger partial charge in [-0.25, -0.2) is 9.97 Å². The highest BCUT2D eigenvalue weighted by Crippen LogP contribution is 2.33. The van der Waals surface area contributed by atoms with Crippen LogP contribution in [0.1, 0.15) is 6.92 Å². The molecule has 8 heteroatoms. The van der Waals surface area contributed by atoms with Gasteiger partial charge in [0.2, 0.25) is 5.91 Å². The number of anilines is 1. The summed E-state index contributed by atoms with van der Waals surface area (Å²) in [6.07, 6.45) is 1.52. The maximum Gasteiger partial charge on any atom is 0.237 e. The zero-order chi connectivity index (χ0) is 17.1. The Bertz CT molecular complexity index is 885. The van der Waals surface area contributed by atoms with Crippen LogP contribution in [0.25, 0.3) is 10.2 Å². The van der Waals surface area contributed by atoms with Crippen molar-refractivity contribution in [3.05, 3.63) is 41.0 Å². The molecule has 5 nitrogen and oxygen atoms in total. The standard InChI is InChI=1S/C16H14ClN3O2S2/c1-9(24-16-14-11(5-6-23-14)18-8-19-16)15(21)20-12-7-10(17)3-4-13(12)22-2/h3-9H,1-2H3,(H,20,21). The minimum Gasteiger partial charge on any atom is -0.495 e. The fraction of sp³-hybridized carbons (Fsp3) is 0.188. The van der Waals surface area contributed by atoms with Crippen molar-refractivity contribution in [1.82, 2.24) is 9.97 Å². The predicted octanol–water partition coefficient (Wildman–Crippen LogP) is 4.47. The van der Waals surface area contributed by atoms with E-state index in [0.717, 1.165) is 15.2 Å². The van der Waals surface area contributed by atoms with E-state index >= 15 is 0 Å². The van der Waals surface area contributed by atoms with Crippen molar-refractivity contribution < 1.29 is 9.53 Å². The van der Waals surface area contributed by atoms with Crippen LogP contribution in [0.3, 0.4) is 0 Å². The van der Waals surface area contributed by atoms with Crippen molar-refractivity contribution in [2.75, 3.05) is 12.4 Å². The number of carbonyl (C=O) groups excluding carboxylic acids is 1. The molecule has 0 fully saturated rings. The van der Waals surface area contributed by atoms with Gasteiger partial charge < -0.3 is 10.1 Å². The molecule has 0 aliphatic heterocycles. The van der Waals surface area contributed by atoms with Crippen molar-refractivity contribution in [3.63, 3.8) is 0 Å². The molecule has 24 heavy (non-hydrogen) atoms. The van der Waals surface area contributed by atoms with Crippen molar-refractivity contribution >= 4 is 56.5 Å². The number of carbonyl (C=O) groups is 1. The van der Waals surface area contributed by atoms with Crippen molar-refractivity contribution in [2.24, 2.45) is 0 Å². The number of nitrogens with one attached hydrogen (secondary N) is 1. The Balaban J connectivity index is 1.76. The molecule has 124 valence electrons. The number of nitrogens with zero attached hydrogens (tertiary/aromatic N) is 2. The van der Waals surface area contributed by atoms with Crippen LogP contribution in [0.4, 0.5) is 5.69 Å². The Hall–Kier alpha value is -1.83. The van der Waals surface area contributed by atoms with Crippen LogP contribution in [-0.2, 0) is 4.79 Å². The highest BCUT2D eigenvalue weighted by atomic mass is 35.5. The second-order valence-electron chi connectivity index (χ2n) is 4.91. The minimum atomic E-state index is -0.339. The molecule has 1 aromatic carbocycles. The van der Waals surface area contributed by atoms with Crippen LogP contribution >= 0.6 is 34.7 Å². The maximum absolute atomic E-state index is 12.5.